The number of hydrogen-bond acceptors (Lipinski definition) is 2. The van der Waals surface area contributed by atoms with Gasteiger partial charge in [0.05, 0.1) is 5.69 Å². The van der Waals surface area contributed by atoms with Crippen LogP contribution in [0.5, 0.6) is 0 Å². The van der Waals surface area contributed by atoms with Crippen molar-refractivity contribution in [2.75, 3.05) is 0 Å². The molecule has 0 N–H and O–H groups in total. The molecule has 1 aromatic carbocycles. The van der Waals surface area contributed by atoms with Crippen LogP contribution in [0.15, 0.2) is 33.7 Å². The molecule has 2 aromatic rings. The zero-order valence-electron chi connectivity index (χ0n) is 6.78. The third-order valence-electron chi connectivity index (χ3n) is 1.61. The van der Waals surface area contributed by atoms with E-state index in [1.165, 1.54) is 0 Å². The van der Waals surface area contributed by atoms with Crippen molar-refractivity contribution in [3.05, 3.63) is 38.8 Å². The minimum atomic E-state index is 0.541. The summed E-state index contributed by atoms with van der Waals surface area (Å²) in [7, 11) is 0. The summed E-state index contributed by atoms with van der Waals surface area (Å²) < 4.78 is 2.85. The van der Waals surface area contributed by atoms with Gasteiger partial charge in [-0.2, -0.15) is 4.98 Å². The lowest BCUT2D eigenvalue weighted by atomic mass is 10.3. The fourth-order valence-corrected chi connectivity index (χ4v) is 2.16. The second kappa shape index (κ2) is 4.00. The van der Waals surface area contributed by atoms with Crippen LogP contribution in [0.3, 0.4) is 0 Å². The molecule has 0 amide bonds. The first kappa shape index (κ1) is 10.1. The normalized spacial score (nSPS) is 10.5. The summed E-state index contributed by atoms with van der Waals surface area (Å²) >= 11 is 12.3. The van der Waals surface area contributed by atoms with E-state index in [1.54, 1.807) is 16.8 Å². The number of rotatable bonds is 1. The molecule has 2 rings (SSSR count). The maximum absolute atomic E-state index is 5.78. The van der Waals surface area contributed by atoms with Gasteiger partial charge in [-0.15, -0.1) is 5.10 Å². The van der Waals surface area contributed by atoms with Crippen molar-refractivity contribution in [1.82, 2.24) is 14.8 Å². The molecule has 0 saturated carbocycles. The molecule has 3 nitrogen and oxygen atoms in total. The van der Waals surface area contributed by atoms with Crippen LogP contribution in [0.25, 0.3) is 5.69 Å². The van der Waals surface area contributed by atoms with E-state index in [1.807, 2.05) is 12.1 Å². The van der Waals surface area contributed by atoms with Crippen molar-refractivity contribution >= 4 is 43.5 Å². The number of nitrogens with zero attached hydrogens (tertiary/aromatic N) is 3. The lowest BCUT2D eigenvalue weighted by molar-refractivity contribution is 0.850. The Labute approximate surface area is 102 Å². The van der Waals surface area contributed by atoms with E-state index in [2.05, 4.69) is 41.9 Å². The van der Waals surface area contributed by atoms with Gasteiger partial charge < -0.3 is 0 Å². The quantitative estimate of drug-likeness (QED) is 0.798. The number of halogens is 3. The molecule has 1 heterocycles. The molecule has 0 aliphatic carbocycles. The van der Waals surface area contributed by atoms with Crippen LogP contribution in [0, 0.1) is 0 Å². The van der Waals surface area contributed by atoms with Crippen LogP contribution >= 0.6 is 43.5 Å². The topological polar surface area (TPSA) is 30.7 Å². The molecule has 72 valence electrons. The fourth-order valence-electron chi connectivity index (χ4n) is 1.02. The van der Waals surface area contributed by atoms with Crippen molar-refractivity contribution in [2.24, 2.45) is 0 Å². The highest BCUT2D eigenvalue weighted by Crippen LogP contribution is 2.18. The first-order chi connectivity index (χ1) is 6.66. The van der Waals surface area contributed by atoms with Crippen molar-refractivity contribution in [2.45, 2.75) is 0 Å². The molecule has 14 heavy (non-hydrogen) atoms. The van der Waals surface area contributed by atoms with Gasteiger partial charge in [0.2, 0.25) is 9.47 Å². The molecule has 0 aliphatic rings. The summed E-state index contributed by atoms with van der Waals surface area (Å²) in [4.78, 5) is 4.06. The largest absolute Gasteiger partial charge is 0.218 e. The minimum Gasteiger partial charge on any atom is -0.206 e. The number of benzene rings is 1. The predicted octanol–water partition coefficient (Wildman–Crippen LogP) is 3.45. The van der Waals surface area contributed by atoms with Crippen molar-refractivity contribution in [3.8, 4) is 5.69 Å². The maximum atomic E-state index is 5.78. The highest BCUT2D eigenvalue weighted by atomic mass is 79.9. The Bertz CT molecular complexity index is 452. The summed E-state index contributed by atoms with van der Waals surface area (Å²) in [6, 6.07) is 7.35. The van der Waals surface area contributed by atoms with Gasteiger partial charge in [-0.3, -0.25) is 0 Å². The summed E-state index contributed by atoms with van der Waals surface area (Å²) in [6.07, 6.45) is 0. The molecule has 0 bridgehead atoms. The average molecular weight is 337 g/mol. The average Bonchev–Trinajstić information content (AvgIpc) is 2.47. The predicted molar refractivity (Wildman–Crippen MR) is 61.8 cm³/mol. The monoisotopic (exact) mass is 335 g/mol. The first-order valence-electron chi connectivity index (χ1n) is 3.71. The van der Waals surface area contributed by atoms with Gasteiger partial charge in [-0.05, 0) is 56.1 Å². The van der Waals surface area contributed by atoms with Gasteiger partial charge >= 0.3 is 0 Å². The van der Waals surface area contributed by atoms with Gasteiger partial charge in [0.25, 0.3) is 0 Å². The summed E-state index contributed by atoms with van der Waals surface area (Å²) in [5, 5.41) is 4.84. The molecule has 1 aromatic heterocycles. The summed E-state index contributed by atoms with van der Waals surface area (Å²) in [6.45, 7) is 0. The summed E-state index contributed by atoms with van der Waals surface area (Å²) in [5.74, 6) is 0. The van der Waals surface area contributed by atoms with Crippen LogP contribution in [0.1, 0.15) is 0 Å². The third kappa shape index (κ3) is 1.99. The van der Waals surface area contributed by atoms with Crippen LogP contribution in [0.2, 0.25) is 5.02 Å². The maximum Gasteiger partial charge on any atom is 0.218 e. The minimum absolute atomic E-state index is 0.541. The van der Waals surface area contributed by atoms with Gasteiger partial charge in [-0.1, -0.05) is 11.6 Å². The van der Waals surface area contributed by atoms with Crippen molar-refractivity contribution in [1.29, 1.82) is 0 Å². The highest BCUT2D eigenvalue weighted by molar-refractivity contribution is 9.11. The van der Waals surface area contributed by atoms with Crippen LogP contribution < -0.4 is 0 Å². The van der Waals surface area contributed by atoms with E-state index < -0.39 is 0 Å². The SMILES string of the molecule is Clc1ccc(-n2nc(Br)nc2Br)cc1. The molecule has 0 unspecified atom stereocenters. The van der Waals surface area contributed by atoms with E-state index in [4.69, 9.17) is 11.6 Å². The van der Waals surface area contributed by atoms with Gasteiger partial charge in [0.1, 0.15) is 0 Å². The van der Waals surface area contributed by atoms with Crippen molar-refractivity contribution < 1.29 is 0 Å². The Kier molecular flexibility index (Phi) is 2.90. The van der Waals surface area contributed by atoms with E-state index in [-0.39, 0.29) is 0 Å². The molecule has 0 saturated heterocycles. The van der Waals surface area contributed by atoms with Gasteiger partial charge in [0, 0.05) is 5.02 Å². The van der Waals surface area contributed by atoms with E-state index in [0.717, 1.165) is 5.69 Å². The van der Waals surface area contributed by atoms with Crippen LogP contribution in [-0.4, -0.2) is 14.8 Å². The van der Waals surface area contributed by atoms with E-state index >= 15 is 0 Å². The summed E-state index contributed by atoms with van der Waals surface area (Å²) in [5.41, 5.74) is 0.902. The van der Waals surface area contributed by atoms with Crippen molar-refractivity contribution in [3.63, 3.8) is 0 Å². The molecular weight excluding hydrogens is 333 g/mol. The molecule has 0 aliphatic heterocycles. The molecule has 0 atom stereocenters. The second-order valence-electron chi connectivity index (χ2n) is 2.54. The number of aromatic nitrogens is 3. The Hall–Kier alpha value is -0.390. The zero-order valence-corrected chi connectivity index (χ0v) is 10.7. The zero-order chi connectivity index (χ0) is 10.1. The molecular formula is C8H4Br2ClN3. The third-order valence-corrected chi connectivity index (χ3v) is 2.71. The Balaban J connectivity index is 2.49. The standard InChI is InChI=1S/C8H4Br2ClN3/c9-7-12-8(10)14(13-7)6-3-1-5(11)2-4-6/h1-4H. The Morgan fingerprint density at radius 1 is 1.14 bits per heavy atom. The molecule has 0 spiro atoms. The smallest absolute Gasteiger partial charge is 0.206 e. The van der Waals surface area contributed by atoms with Gasteiger partial charge in [-0.25, -0.2) is 4.68 Å². The Morgan fingerprint density at radius 3 is 2.29 bits per heavy atom. The van der Waals surface area contributed by atoms with Crippen LogP contribution in [-0.2, 0) is 0 Å². The molecule has 0 fully saturated rings. The lowest BCUT2D eigenvalue weighted by Gasteiger charge is -2.00. The second-order valence-corrected chi connectivity index (χ2v) is 4.39. The first-order valence-corrected chi connectivity index (χ1v) is 5.67. The number of hydrogen-bond donors (Lipinski definition) is 0. The van der Waals surface area contributed by atoms with Gasteiger partial charge in [0.15, 0.2) is 0 Å². The Morgan fingerprint density at radius 2 is 1.79 bits per heavy atom. The van der Waals surface area contributed by atoms with Crippen LogP contribution in [0.4, 0.5) is 0 Å². The fraction of sp³-hybridized carbons (Fsp3) is 0. The van der Waals surface area contributed by atoms with E-state index in [9.17, 15) is 0 Å². The van der Waals surface area contributed by atoms with E-state index in [0.29, 0.717) is 14.5 Å². The molecule has 6 heteroatoms. The highest BCUT2D eigenvalue weighted by Gasteiger charge is 2.06. The lowest BCUT2D eigenvalue weighted by Crippen LogP contribution is -1.95. The molecule has 0 radical (unpaired) electrons.